The van der Waals surface area contributed by atoms with Crippen molar-refractivity contribution in [3.05, 3.63) is 118 Å². The van der Waals surface area contributed by atoms with Crippen molar-refractivity contribution in [2.45, 2.75) is 26.3 Å². The maximum absolute atomic E-state index is 13.2. The van der Waals surface area contributed by atoms with Crippen LogP contribution in [-0.4, -0.2) is 15.7 Å². The summed E-state index contributed by atoms with van der Waals surface area (Å²) in [5.74, 6) is 0.407. The van der Waals surface area contributed by atoms with E-state index in [9.17, 15) is 4.79 Å². The largest absolute Gasteiger partial charge is 0.339 e. The number of hydrogen-bond acceptors (Lipinski definition) is 3. The molecule has 0 radical (unpaired) electrons. The van der Waals surface area contributed by atoms with Gasteiger partial charge in [0.25, 0.3) is 5.91 Å². The highest BCUT2D eigenvalue weighted by molar-refractivity contribution is 6.31. The third-order valence-electron chi connectivity index (χ3n) is 6.09. The number of amides is 1. The molecular weight excluding hydrogens is 444 g/mol. The highest BCUT2D eigenvalue weighted by Gasteiger charge is 2.28. The molecule has 3 aromatic carbocycles. The van der Waals surface area contributed by atoms with Crippen LogP contribution < -0.4 is 10.6 Å². The summed E-state index contributed by atoms with van der Waals surface area (Å²) < 4.78 is 1.81. The first kappa shape index (κ1) is 22.0. The zero-order valence-electron chi connectivity index (χ0n) is 19.0. The average molecular weight is 469 g/mol. The lowest BCUT2D eigenvalue weighted by Crippen LogP contribution is -2.22. The van der Waals surface area contributed by atoms with Gasteiger partial charge in [0, 0.05) is 16.4 Å². The smallest absolute Gasteiger partial charge is 0.261 e. The molecule has 170 valence electrons. The first-order chi connectivity index (χ1) is 16.5. The van der Waals surface area contributed by atoms with Crippen molar-refractivity contribution in [1.82, 2.24) is 9.78 Å². The molecule has 0 unspecified atom stereocenters. The van der Waals surface area contributed by atoms with Crippen molar-refractivity contribution in [2.24, 2.45) is 0 Å². The number of benzene rings is 3. The molecular formula is C28H25ClN4O. The second kappa shape index (κ2) is 9.20. The standard InChI is InChI=1S/C28H25ClN4O/c1-3-19-10-12-20(13-11-19)25-16-26(22-6-4-5-7-24(22)29)33-27(32-25)23(17-30-33)28(34)31-21-14-8-18(2)9-15-21/h4-17,26,32H,3H2,1-2H3,(H,31,34)/t26-/m1/s1. The number of rotatable bonds is 5. The van der Waals surface area contributed by atoms with E-state index in [4.69, 9.17) is 11.6 Å². The van der Waals surface area contributed by atoms with Gasteiger partial charge in [-0.15, -0.1) is 0 Å². The van der Waals surface area contributed by atoms with E-state index >= 15 is 0 Å². The number of aromatic nitrogens is 2. The molecule has 0 spiro atoms. The SMILES string of the molecule is CCc1ccc(C2=C[C@H](c3ccccc3Cl)n3ncc(C(=O)Nc4ccc(C)cc4)c3N2)cc1. The van der Waals surface area contributed by atoms with Crippen LogP contribution in [0.15, 0.2) is 85.1 Å². The molecule has 0 bridgehead atoms. The van der Waals surface area contributed by atoms with Gasteiger partial charge in [-0.25, -0.2) is 4.68 Å². The van der Waals surface area contributed by atoms with Crippen LogP contribution in [0.25, 0.3) is 5.70 Å². The van der Waals surface area contributed by atoms with Crippen LogP contribution in [0.1, 0.15) is 45.6 Å². The van der Waals surface area contributed by atoms with E-state index in [1.54, 1.807) is 6.20 Å². The van der Waals surface area contributed by atoms with E-state index in [2.05, 4.69) is 53.0 Å². The third kappa shape index (κ3) is 4.22. The van der Waals surface area contributed by atoms with Gasteiger partial charge >= 0.3 is 0 Å². The van der Waals surface area contributed by atoms with Crippen LogP contribution in [0.5, 0.6) is 0 Å². The molecule has 1 aliphatic heterocycles. The molecule has 0 saturated carbocycles. The van der Waals surface area contributed by atoms with Crippen molar-refractivity contribution < 1.29 is 4.79 Å². The molecule has 1 atom stereocenters. The minimum atomic E-state index is -0.258. The maximum Gasteiger partial charge on any atom is 0.261 e. The number of halogens is 1. The number of aryl methyl sites for hydroxylation is 2. The summed E-state index contributed by atoms with van der Waals surface area (Å²) in [6, 6.07) is 23.6. The monoisotopic (exact) mass is 468 g/mol. The number of allylic oxidation sites excluding steroid dienone is 1. The molecule has 34 heavy (non-hydrogen) atoms. The van der Waals surface area contributed by atoms with Gasteiger partial charge in [-0.3, -0.25) is 4.79 Å². The normalized spacial score (nSPS) is 14.7. The Morgan fingerprint density at radius 1 is 1.06 bits per heavy atom. The summed E-state index contributed by atoms with van der Waals surface area (Å²) >= 11 is 6.58. The van der Waals surface area contributed by atoms with E-state index in [1.165, 1.54) is 5.56 Å². The number of carbonyl (C=O) groups is 1. The highest BCUT2D eigenvalue weighted by atomic mass is 35.5. The Balaban J connectivity index is 1.55. The predicted molar refractivity (Wildman–Crippen MR) is 138 cm³/mol. The third-order valence-corrected chi connectivity index (χ3v) is 6.43. The van der Waals surface area contributed by atoms with Crippen molar-refractivity contribution in [1.29, 1.82) is 0 Å². The van der Waals surface area contributed by atoms with Crippen LogP contribution in [0.3, 0.4) is 0 Å². The Morgan fingerprint density at radius 2 is 1.79 bits per heavy atom. The van der Waals surface area contributed by atoms with Gasteiger partial charge in [0.15, 0.2) is 0 Å². The number of nitrogens with zero attached hydrogens (tertiary/aromatic N) is 2. The second-order valence-corrected chi connectivity index (χ2v) is 8.80. The Morgan fingerprint density at radius 3 is 2.50 bits per heavy atom. The fourth-order valence-corrected chi connectivity index (χ4v) is 4.37. The molecule has 6 heteroatoms. The molecule has 2 N–H and O–H groups in total. The predicted octanol–water partition coefficient (Wildman–Crippen LogP) is 6.72. The van der Waals surface area contributed by atoms with Gasteiger partial charge in [0.1, 0.15) is 17.4 Å². The molecule has 5 nitrogen and oxygen atoms in total. The van der Waals surface area contributed by atoms with Crippen LogP contribution in [0.4, 0.5) is 11.5 Å². The van der Waals surface area contributed by atoms with E-state index in [-0.39, 0.29) is 11.9 Å². The summed E-state index contributed by atoms with van der Waals surface area (Å²) in [5.41, 5.74) is 6.47. The van der Waals surface area contributed by atoms with E-state index < -0.39 is 0 Å². The van der Waals surface area contributed by atoms with Crippen LogP contribution in [-0.2, 0) is 6.42 Å². The lowest BCUT2D eigenvalue weighted by molar-refractivity contribution is 0.102. The van der Waals surface area contributed by atoms with Crippen LogP contribution in [0, 0.1) is 6.92 Å². The average Bonchev–Trinajstić information content (AvgIpc) is 3.30. The quantitative estimate of drug-likeness (QED) is 0.342. The number of anilines is 2. The summed E-state index contributed by atoms with van der Waals surface area (Å²) in [6.45, 7) is 4.15. The van der Waals surface area contributed by atoms with E-state index in [1.807, 2.05) is 60.1 Å². The van der Waals surface area contributed by atoms with Crippen molar-refractivity contribution in [2.75, 3.05) is 10.6 Å². The Hall–Kier alpha value is -3.83. The Labute approximate surface area is 204 Å². The maximum atomic E-state index is 13.2. The minimum absolute atomic E-state index is 0.224. The number of carbonyl (C=O) groups excluding carboxylic acids is 1. The Bertz CT molecular complexity index is 1370. The van der Waals surface area contributed by atoms with Crippen LogP contribution in [0.2, 0.25) is 5.02 Å². The molecule has 0 saturated heterocycles. The molecule has 1 amide bonds. The lowest BCUT2D eigenvalue weighted by Gasteiger charge is -2.27. The number of nitrogens with one attached hydrogen (secondary N) is 2. The van der Waals surface area contributed by atoms with Gasteiger partial charge in [-0.2, -0.15) is 5.10 Å². The summed E-state index contributed by atoms with van der Waals surface area (Å²) in [5, 5.41) is 11.7. The molecule has 4 aromatic rings. The second-order valence-electron chi connectivity index (χ2n) is 8.39. The fraction of sp³-hybridized carbons (Fsp3) is 0.143. The van der Waals surface area contributed by atoms with E-state index in [0.717, 1.165) is 34.5 Å². The minimum Gasteiger partial charge on any atom is -0.339 e. The van der Waals surface area contributed by atoms with Crippen molar-refractivity contribution in [3.8, 4) is 0 Å². The van der Waals surface area contributed by atoms with Gasteiger partial charge < -0.3 is 10.6 Å². The molecule has 5 rings (SSSR count). The lowest BCUT2D eigenvalue weighted by atomic mass is 10.00. The number of fused-ring (bicyclic) bond motifs is 1. The molecule has 1 aliphatic rings. The molecule has 1 aromatic heterocycles. The highest BCUT2D eigenvalue weighted by Crippen LogP contribution is 2.37. The first-order valence-corrected chi connectivity index (χ1v) is 11.7. The fourth-order valence-electron chi connectivity index (χ4n) is 4.12. The summed E-state index contributed by atoms with van der Waals surface area (Å²) in [7, 11) is 0. The Kier molecular flexibility index (Phi) is 5.95. The topological polar surface area (TPSA) is 59.0 Å². The molecule has 2 heterocycles. The van der Waals surface area contributed by atoms with Gasteiger partial charge in [0.05, 0.1) is 6.20 Å². The van der Waals surface area contributed by atoms with Crippen LogP contribution >= 0.6 is 11.6 Å². The zero-order valence-corrected chi connectivity index (χ0v) is 19.8. The van der Waals surface area contributed by atoms with Crippen molar-refractivity contribution >= 4 is 34.7 Å². The molecule has 0 aliphatic carbocycles. The van der Waals surface area contributed by atoms with E-state index in [0.29, 0.717) is 16.4 Å². The van der Waals surface area contributed by atoms with Crippen molar-refractivity contribution in [3.63, 3.8) is 0 Å². The number of hydrogen-bond donors (Lipinski definition) is 2. The van der Waals surface area contributed by atoms with Gasteiger partial charge in [-0.1, -0.05) is 78.7 Å². The summed E-state index contributed by atoms with van der Waals surface area (Å²) in [6.07, 6.45) is 4.68. The van der Waals surface area contributed by atoms with Gasteiger partial charge in [0.2, 0.25) is 0 Å². The molecule has 0 fully saturated rings. The first-order valence-electron chi connectivity index (χ1n) is 11.3. The summed E-state index contributed by atoms with van der Waals surface area (Å²) in [4.78, 5) is 13.2. The zero-order chi connectivity index (χ0) is 23.7. The van der Waals surface area contributed by atoms with Gasteiger partial charge in [-0.05, 0) is 54.3 Å².